The zero-order valence-electron chi connectivity index (χ0n) is 15.5. The number of carbonyl (C=O) groups is 2. The van der Waals surface area contributed by atoms with Crippen molar-refractivity contribution >= 4 is 22.6 Å². The fourth-order valence-corrected chi connectivity index (χ4v) is 2.75. The number of rotatable bonds is 7. The Balaban J connectivity index is 1.80. The van der Waals surface area contributed by atoms with Gasteiger partial charge in [0, 0.05) is 11.9 Å². The zero-order valence-corrected chi connectivity index (χ0v) is 15.5. The third kappa shape index (κ3) is 4.40. The van der Waals surface area contributed by atoms with E-state index in [4.69, 9.17) is 0 Å². The number of aryl methyl sites for hydroxylation is 1. The summed E-state index contributed by atoms with van der Waals surface area (Å²) in [7, 11) is 0. The average molecular weight is 383 g/mol. The second kappa shape index (κ2) is 8.89. The van der Waals surface area contributed by atoms with E-state index in [-0.39, 0.29) is 17.8 Å². The highest BCUT2D eigenvalue weighted by atomic mass is 16.2. The maximum Gasteiger partial charge on any atom is 0.290 e. The van der Waals surface area contributed by atoms with Crippen LogP contribution >= 0.6 is 0 Å². The van der Waals surface area contributed by atoms with Crippen LogP contribution in [0, 0.1) is 0 Å². The number of hydrogen-bond donors (Lipinski definition) is 2. The van der Waals surface area contributed by atoms with Gasteiger partial charge in [-0.15, -0.1) is 0 Å². The molecular formula is C18H21N7O3. The van der Waals surface area contributed by atoms with E-state index < -0.39 is 11.8 Å². The Morgan fingerprint density at radius 1 is 1.11 bits per heavy atom. The molecule has 0 atom stereocenters. The first-order valence-corrected chi connectivity index (χ1v) is 9.01. The van der Waals surface area contributed by atoms with Gasteiger partial charge in [-0.05, 0) is 12.5 Å². The largest absolute Gasteiger partial charge is 0.290 e. The van der Waals surface area contributed by atoms with Gasteiger partial charge in [-0.3, -0.25) is 25.2 Å². The standard InChI is InChI=1S/C18H21N7O3/c1-2-3-6-9-25-18(28)14-8-5-4-7-13(14)16(23-25)17(27)22-21-15(26)10-24-12-19-11-20-24/h4-5,7-8,11-12H,2-3,6,9-10H2,1H3,(H,21,26)(H,22,27). The minimum absolute atomic E-state index is 0.0766. The Morgan fingerprint density at radius 2 is 1.89 bits per heavy atom. The van der Waals surface area contributed by atoms with E-state index in [1.165, 1.54) is 22.0 Å². The fraction of sp³-hybridized carbons (Fsp3) is 0.333. The van der Waals surface area contributed by atoms with Crippen LogP contribution < -0.4 is 16.4 Å². The van der Waals surface area contributed by atoms with Crippen LogP contribution in [0.15, 0.2) is 41.7 Å². The van der Waals surface area contributed by atoms with Crippen LogP contribution in [0.2, 0.25) is 0 Å². The molecule has 10 nitrogen and oxygen atoms in total. The number of benzene rings is 1. The second-order valence-corrected chi connectivity index (χ2v) is 6.22. The minimum Gasteiger partial charge on any atom is -0.271 e. The number of aromatic nitrogens is 5. The number of fused-ring (bicyclic) bond motifs is 1. The predicted octanol–water partition coefficient (Wildman–Crippen LogP) is 0.639. The molecule has 2 aromatic heterocycles. The van der Waals surface area contributed by atoms with Crippen LogP contribution in [0.1, 0.15) is 36.7 Å². The minimum atomic E-state index is -0.604. The summed E-state index contributed by atoms with van der Waals surface area (Å²) in [6.07, 6.45) is 5.46. The summed E-state index contributed by atoms with van der Waals surface area (Å²) in [6.45, 7) is 2.40. The van der Waals surface area contributed by atoms with Crippen LogP contribution in [0.3, 0.4) is 0 Å². The van der Waals surface area contributed by atoms with Crippen molar-refractivity contribution in [2.75, 3.05) is 0 Å². The van der Waals surface area contributed by atoms with Gasteiger partial charge in [-0.2, -0.15) is 10.2 Å². The lowest BCUT2D eigenvalue weighted by molar-refractivity contribution is -0.122. The monoisotopic (exact) mass is 383 g/mol. The molecule has 0 radical (unpaired) electrons. The maximum atomic E-state index is 12.6. The number of hydrogen-bond acceptors (Lipinski definition) is 6. The first-order chi connectivity index (χ1) is 13.6. The van der Waals surface area contributed by atoms with Crippen molar-refractivity contribution in [1.82, 2.24) is 35.4 Å². The number of nitrogens with one attached hydrogen (secondary N) is 2. The summed E-state index contributed by atoms with van der Waals surface area (Å²) < 4.78 is 2.63. The van der Waals surface area contributed by atoms with Crippen LogP contribution in [0.25, 0.3) is 10.8 Å². The smallest absolute Gasteiger partial charge is 0.271 e. The van der Waals surface area contributed by atoms with Crippen molar-refractivity contribution in [3.05, 3.63) is 53.0 Å². The highest BCUT2D eigenvalue weighted by Crippen LogP contribution is 2.13. The SMILES string of the molecule is CCCCCn1nc(C(=O)NNC(=O)Cn2cncn2)c2ccccc2c1=O. The van der Waals surface area contributed by atoms with Gasteiger partial charge in [0.05, 0.1) is 5.39 Å². The molecule has 0 saturated heterocycles. The summed E-state index contributed by atoms with van der Waals surface area (Å²) in [5.74, 6) is -1.08. The average Bonchev–Trinajstić information content (AvgIpc) is 3.21. The van der Waals surface area contributed by atoms with E-state index in [2.05, 4.69) is 33.0 Å². The van der Waals surface area contributed by atoms with Gasteiger partial charge in [0.15, 0.2) is 5.69 Å². The van der Waals surface area contributed by atoms with E-state index >= 15 is 0 Å². The molecule has 0 aliphatic heterocycles. The van der Waals surface area contributed by atoms with Crippen molar-refractivity contribution in [2.45, 2.75) is 39.3 Å². The summed E-state index contributed by atoms with van der Waals surface area (Å²) in [6, 6.07) is 6.79. The molecule has 3 aromatic rings. The Morgan fingerprint density at radius 3 is 2.61 bits per heavy atom. The number of amides is 2. The highest BCUT2D eigenvalue weighted by Gasteiger charge is 2.17. The molecule has 3 rings (SSSR count). The van der Waals surface area contributed by atoms with Crippen molar-refractivity contribution in [2.24, 2.45) is 0 Å². The summed E-state index contributed by atoms with van der Waals surface area (Å²) in [5.41, 5.74) is 4.49. The first-order valence-electron chi connectivity index (χ1n) is 9.01. The molecule has 2 N–H and O–H groups in total. The van der Waals surface area contributed by atoms with Crippen molar-refractivity contribution in [3.63, 3.8) is 0 Å². The van der Waals surface area contributed by atoms with Crippen LogP contribution in [0.5, 0.6) is 0 Å². The molecule has 0 aliphatic carbocycles. The molecule has 0 fully saturated rings. The van der Waals surface area contributed by atoms with Crippen molar-refractivity contribution < 1.29 is 9.59 Å². The molecule has 146 valence electrons. The summed E-state index contributed by atoms with van der Waals surface area (Å²) >= 11 is 0. The first kappa shape index (κ1) is 19.2. The van der Waals surface area contributed by atoms with E-state index in [1.807, 2.05) is 0 Å². The fourth-order valence-electron chi connectivity index (χ4n) is 2.75. The normalized spacial score (nSPS) is 10.8. The zero-order chi connectivity index (χ0) is 19.9. The van der Waals surface area contributed by atoms with Crippen molar-refractivity contribution in [3.8, 4) is 0 Å². The van der Waals surface area contributed by atoms with E-state index in [0.717, 1.165) is 19.3 Å². The molecule has 2 amide bonds. The van der Waals surface area contributed by atoms with Gasteiger partial charge in [0.1, 0.15) is 19.2 Å². The Bertz CT molecular complexity index is 1030. The van der Waals surface area contributed by atoms with Gasteiger partial charge in [-0.1, -0.05) is 38.0 Å². The van der Waals surface area contributed by atoms with Gasteiger partial charge in [0.25, 0.3) is 17.4 Å². The highest BCUT2D eigenvalue weighted by molar-refractivity contribution is 6.05. The Kier molecular flexibility index (Phi) is 6.10. The summed E-state index contributed by atoms with van der Waals surface area (Å²) in [4.78, 5) is 40.9. The van der Waals surface area contributed by atoms with Crippen LogP contribution in [-0.2, 0) is 17.9 Å². The summed E-state index contributed by atoms with van der Waals surface area (Å²) in [5, 5.41) is 8.90. The molecule has 2 heterocycles. The molecule has 0 aliphatic rings. The number of unbranched alkanes of at least 4 members (excludes halogenated alkanes) is 2. The lowest BCUT2D eigenvalue weighted by atomic mass is 10.1. The van der Waals surface area contributed by atoms with E-state index in [0.29, 0.717) is 17.3 Å². The molecule has 0 bridgehead atoms. The molecule has 0 saturated carbocycles. The molecule has 0 spiro atoms. The van der Waals surface area contributed by atoms with Crippen LogP contribution in [-0.4, -0.2) is 36.4 Å². The number of nitrogens with zero attached hydrogens (tertiary/aromatic N) is 5. The second-order valence-electron chi connectivity index (χ2n) is 6.22. The number of hydrazine groups is 1. The third-order valence-corrected chi connectivity index (χ3v) is 4.14. The Hall–Kier alpha value is -3.56. The van der Waals surface area contributed by atoms with Crippen LogP contribution in [0.4, 0.5) is 0 Å². The van der Waals surface area contributed by atoms with E-state index in [1.54, 1.807) is 24.3 Å². The third-order valence-electron chi connectivity index (χ3n) is 4.14. The Labute approximate surface area is 160 Å². The lowest BCUT2D eigenvalue weighted by Crippen LogP contribution is -2.44. The van der Waals surface area contributed by atoms with Crippen molar-refractivity contribution in [1.29, 1.82) is 0 Å². The molecule has 10 heteroatoms. The molecular weight excluding hydrogens is 362 g/mol. The van der Waals surface area contributed by atoms with Gasteiger partial charge in [0.2, 0.25) is 0 Å². The van der Waals surface area contributed by atoms with Gasteiger partial charge < -0.3 is 0 Å². The topological polar surface area (TPSA) is 124 Å². The van der Waals surface area contributed by atoms with Gasteiger partial charge >= 0.3 is 0 Å². The van der Waals surface area contributed by atoms with E-state index in [9.17, 15) is 14.4 Å². The molecule has 1 aromatic carbocycles. The van der Waals surface area contributed by atoms with Gasteiger partial charge in [-0.25, -0.2) is 14.3 Å². The quantitative estimate of drug-likeness (QED) is 0.456. The predicted molar refractivity (Wildman–Crippen MR) is 101 cm³/mol. The lowest BCUT2D eigenvalue weighted by Gasteiger charge is -2.12. The number of carbonyl (C=O) groups excluding carboxylic acids is 2. The maximum absolute atomic E-state index is 12.6. The molecule has 0 unspecified atom stereocenters. The molecule has 28 heavy (non-hydrogen) atoms.